The summed E-state index contributed by atoms with van der Waals surface area (Å²) in [5.41, 5.74) is 2.56. The van der Waals surface area contributed by atoms with Crippen molar-refractivity contribution >= 4 is 46.4 Å². The molecule has 0 aromatic heterocycles. The molecule has 0 atom stereocenters. The molecule has 0 N–H and O–H groups in total. The van der Waals surface area contributed by atoms with Crippen LogP contribution in [0.25, 0.3) is 0 Å². The molecule has 16 heavy (non-hydrogen) atoms. The van der Waals surface area contributed by atoms with Crippen LogP contribution in [-0.2, 0) is 12.8 Å². The Kier molecular flexibility index (Phi) is 6.91. The van der Waals surface area contributed by atoms with Crippen LogP contribution in [0.2, 0.25) is 0 Å². The summed E-state index contributed by atoms with van der Waals surface area (Å²) < 4.78 is 0. The average Bonchev–Trinajstić information content (AvgIpc) is 2.24. The van der Waals surface area contributed by atoms with E-state index in [0.717, 1.165) is 25.7 Å². The molecule has 1 rings (SSSR count). The Morgan fingerprint density at radius 1 is 0.750 bits per heavy atom. The van der Waals surface area contributed by atoms with Crippen molar-refractivity contribution in [1.82, 2.24) is 0 Å². The van der Waals surface area contributed by atoms with Crippen molar-refractivity contribution in [3.8, 4) is 0 Å². The maximum absolute atomic E-state index is 5.73. The SMILES string of the molecule is ClC(Cl)CCc1ccccc1CCC(Cl)Cl. The second-order valence-electron chi connectivity index (χ2n) is 3.63. The molecular weight excluding hydrogens is 286 g/mol. The number of hydrogen-bond acceptors (Lipinski definition) is 0. The molecule has 0 aliphatic rings. The highest BCUT2D eigenvalue weighted by Gasteiger charge is 2.06. The molecule has 4 heteroatoms. The highest BCUT2D eigenvalue weighted by Crippen LogP contribution is 2.19. The monoisotopic (exact) mass is 298 g/mol. The van der Waals surface area contributed by atoms with E-state index in [1.54, 1.807) is 0 Å². The highest BCUT2D eigenvalue weighted by molar-refractivity contribution is 6.44. The molecule has 0 amide bonds. The molecule has 0 nitrogen and oxygen atoms in total. The summed E-state index contributed by atoms with van der Waals surface area (Å²) in [6, 6.07) is 8.25. The summed E-state index contributed by atoms with van der Waals surface area (Å²) >= 11 is 22.9. The average molecular weight is 300 g/mol. The van der Waals surface area contributed by atoms with Gasteiger partial charge in [0.05, 0.1) is 0 Å². The number of benzene rings is 1. The van der Waals surface area contributed by atoms with Gasteiger partial charge in [-0.3, -0.25) is 0 Å². The molecule has 0 radical (unpaired) electrons. The summed E-state index contributed by atoms with van der Waals surface area (Å²) in [5, 5.41) is 0. The molecule has 0 saturated carbocycles. The summed E-state index contributed by atoms with van der Waals surface area (Å²) in [6.45, 7) is 0. The number of aryl methyl sites for hydroxylation is 2. The molecule has 1 aromatic carbocycles. The number of rotatable bonds is 6. The van der Waals surface area contributed by atoms with Crippen molar-refractivity contribution in [3.63, 3.8) is 0 Å². The Morgan fingerprint density at radius 2 is 1.12 bits per heavy atom. The molecule has 0 aliphatic carbocycles. The first-order valence-electron chi connectivity index (χ1n) is 5.22. The van der Waals surface area contributed by atoms with Crippen LogP contribution >= 0.6 is 46.4 Å². The zero-order chi connectivity index (χ0) is 12.0. The summed E-state index contributed by atoms with van der Waals surface area (Å²) in [6.07, 6.45) is 3.32. The predicted molar refractivity (Wildman–Crippen MR) is 74.1 cm³/mol. The topological polar surface area (TPSA) is 0 Å². The maximum atomic E-state index is 5.73. The third-order valence-electron chi connectivity index (χ3n) is 2.38. The molecule has 0 bridgehead atoms. The van der Waals surface area contributed by atoms with Crippen LogP contribution in [-0.4, -0.2) is 9.67 Å². The van der Waals surface area contributed by atoms with Crippen LogP contribution in [0.1, 0.15) is 24.0 Å². The van der Waals surface area contributed by atoms with Crippen molar-refractivity contribution in [3.05, 3.63) is 35.4 Å². The fraction of sp³-hybridized carbons (Fsp3) is 0.500. The summed E-state index contributed by atoms with van der Waals surface area (Å²) in [4.78, 5) is -0.608. The molecule has 0 aliphatic heterocycles. The Morgan fingerprint density at radius 3 is 1.44 bits per heavy atom. The van der Waals surface area contributed by atoms with Gasteiger partial charge in [-0.05, 0) is 36.8 Å². The number of alkyl halides is 4. The smallest absolute Gasteiger partial charge is 0.105 e. The highest BCUT2D eigenvalue weighted by atomic mass is 35.5. The molecular formula is C12H14Cl4. The largest absolute Gasteiger partial charge is 0.108 e. The van der Waals surface area contributed by atoms with Crippen molar-refractivity contribution in [2.45, 2.75) is 35.4 Å². The van der Waals surface area contributed by atoms with Crippen LogP contribution in [0, 0.1) is 0 Å². The quantitative estimate of drug-likeness (QED) is 0.637. The van der Waals surface area contributed by atoms with E-state index in [2.05, 4.69) is 12.1 Å². The Labute approximate surface area is 117 Å². The van der Waals surface area contributed by atoms with Gasteiger partial charge in [0, 0.05) is 0 Å². The Balaban J connectivity index is 2.60. The minimum Gasteiger partial charge on any atom is -0.105 e. The molecule has 1 aromatic rings. The van der Waals surface area contributed by atoms with Gasteiger partial charge in [-0.2, -0.15) is 0 Å². The standard InChI is InChI=1S/C12H14Cl4/c13-11(14)7-5-9-3-1-2-4-10(9)6-8-12(15)16/h1-4,11-12H,5-8H2. The summed E-state index contributed by atoms with van der Waals surface area (Å²) in [5.74, 6) is 0. The van der Waals surface area contributed by atoms with E-state index < -0.39 is 0 Å². The van der Waals surface area contributed by atoms with Gasteiger partial charge in [0.15, 0.2) is 0 Å². The fourth-order valence-electron chi connectivity index (χ4n) is 1.57. The lowest BCUT2D eigenvalue weighted by Crippen LogP contribution is -1.99. The van der Waals surface area contributed by atoms with Crippen molar-refractivity contribution in [2.75, 3.05) is 0 Å². The third-order valence-corrected chi connectivity index (χ3v) is 3.26. The van der Waals surface area contributed by atoms with Gasteiger partial charge < -0.3 is 0 Å². The number of halogens is 4. The summed E-state index contributed by atoms with van der Waals surface area (Å²) in [7, 11) is 0. The van der Waals surface area contributed by atoms with Crippen molar-refractivity contribution in [2.24, 2.45) is 0 Å². The van der Waals surface area contributed by atoms with Crippen molar-refractivity contribution < 1.29 is 0 Å². The van der Waals surface area contributed by atoms with E-state index >= 15 is 0 Å². The Bertz CT molecular complexity index is 279. The normalized spacial score (nSPS) is 11.4. The molecule has 90 valence electrons. The first-order chi connectivity index (χ1) is 7.59. The van der Waals surface area contributed by atoms with Gasteiger partial charge in [-0.15, -0.1) is 46.4 Å². The van der Waals surface area contributed by atoms with Gasteiger partial charge in [0.25, 0.3) is 0 Å². The van der Waals surface area contributed by atoms with Gasteiger partial charge in [-0.25, -0.2) is 0 Å². The zero-order valence-electron chi connectivity index (χ0n) is 8.80. The second-order valence-corrected chi connectivity index (χ2v) is 6.18. The lowest BCUT2D eigenvalue weighted by atomic mass is 10.00. The lowest BCUT2D eigenvalue weighted by Gasteiger charge is -2.10. The predicted octanol–water partition coefficient (Wildman–Crippen LogP) is 5.16. The maximum Gasteiger partial charge on any atom is 0.108 e. The first kappa shape index (κ1) is 14.4. The van der Waals surface area contributed by atoms with Crippen LogP contribution in [0.3, 0.4) is 0 Å². The van der Waals surface area contributed by atoms with E-state index in [9.17, 15) is 0 Å². The van der Waals surface area contributed by atoms with Crippen LogP contribution in [0.4, 0.5) is 0 Å². The van der Waals surface area contributed by atoms with Gasteiger partial charge in [-0.1, -0.05) is 24.3 Å². The van der Waals surface area contributed by atoms with E-state index in [4.69, 9.17) is 46.4 Å². The van der Waals surface area contributed by atoms with Crippen LogP contribution in [0.15, 0.2) is 24.3 Å². The van der Waals surface area contributed by atoms with Gasteiger partial charge in [0.1, 0.15) is 9.67 Å². The van der Waals surface area contributed by atoms with Gasteiger partial charge >= 0.3 is 0 Å². The van der Waals surface area contributed by atoms with Crippen LogP contribution in [0.5, 0.6) is 0 Å². The van der Waals surface area contributed by atoms with E-state index in [-0.39, 0.29) is 9.67 Å². The zero-order valence-corrected chi connectivity index (χ0v) is 11.8. The van der Waals surface area contributed by atoms with E-state index in [0.29, 0.717) is 0 Å². The minimum absolute atomic E-state index is 0.304. The van der Waals surface area contributed by atoms with Crippen molar-refractivity contribution in [1.29, 1.82) is 0 Å². The molecule has 0 unspecified atom stereocenters. The van der Waals surface area contributed by atoms with E-state index in [1.807, 2.05) is 12.1 Å². The molecule has 0 spiro atoms. The number of hydrogen-bond donors (Lipinski definition) is 0. The lowest BCUT2D eigenvalue weighted by molar-refractivity contribution is 0.838. The molecule has 0 heterocycles. The fourth-order valence-corrected chi connectivity index (χ4v) is 2.01. The molecule has 0 saturated heterocycles. The first-order valence-corrected chi connectivity index (χ1v) is 6.97. The third kappa shape index (κ3) is 5.63. The minimum atomic E-state index is -0.304. The van der Waals surface area contributed by atoms with E-state index in [1.165, 1.54) is 11.1 Å². The Hall–Kier alpha value is 0.380. The second kappa shape index (κ2) is 7.66. The van der Waals surface area contributed by atoms with Crippen LogP contribution < -0.4 is 0 Å². The molecule has 0 fully saturated rings. The van der Waals surface area contributed by atoms with Gasteiger partial charge in [0.2, 0.25) is 0 Å².